The zero-order chi connectivity index (χ0) is 18.1. The maximum absolute atomic E-state index is 11.0. The fraction of sp³-hybridized carbons (Fsp3) is 0.350. The van der Waals surface area contributed by atoms with Crippen molar-refractivity contribution in [2.24, 2.45) is 0 Å². The lowest BCUT2D eigenvalue weighted by Crippen LogP contribution is -2.05. The average molecular weight is 342 g/mol. The molecule has 25 heavy (non-hydrogen) atoms. The molecule has 0 radical (unpaired) electrons. The van der Waals surface area contributed by atoms with Gasteiger partial charge < -0.3 is 20.5 Å². The van der Waals surface area contributed by atoms with E-state index in [0.29, 0.717) is 18.0 Å². The molecule has 0 atom stereocenters. The van der Waals surface area contributed by atoms with Crippen molar-refractivity contribution in [3.63, 3.8) is 0 Å². The van der Waals surface area contributed by atoms with Crippen LogP contribution in [0, 0.1) is 0 Å². The minimum atomic E-state index is -0.0505. The predicted molar refractivity (Wildman–Crippen MR) is 101 cm³/mol. The molecule has 0 aliphatic carbocycles. The second-order valence-corrected chi connectivity index (χ2v) is 5.95. The smallest absolute Gasteiger partial charge is 0.221 e. The number of unbranched alkanes of at least 4 members (excludes halogenated alkanes) is 2. The van der Waals surface area contributed by atoms with Gasteiger partial charge in [-0.1, -0.05) is 12.1 Å². The van der Waals surface area contributed by atoms with Crippen LogP contribution >= 0.6 is 0 Å². The molecule has 0 unspecified atom stereocenters. The van der Waals surface area contributed by atoms with Crippen molar-refractivity contribution in [2.75, 3.05) is 24.8 Å². The lowest BCUT2D eigenvalue weighted by molar-refractivity contribution is -0.114. The average Bonchev–Trinajstić information content (AvgIpc) is 2.59. The van der Waals surface area contributed by atoms with Crippen LogP contribution in [0.4, 0.5) is 11.4 Å². The number of rotatable bonds is 9. The molecule has 0 spiro atoms. The number of anilines is 2. The number of methoxy groups -OCH3 is 1. The molecule has 2 aromatic rings. The van der Waals surface area contributed by atoms with E-state index in [1.54, 1.807) is 13.2 Å². The number of nitrogen functional groups attached to an aromatic ring is 1. The van der Waals surface area contributed by atoms with Crippen LogP contribution in [0.5, 0.6) is 11.5 Å². The van der Waals surface area contributed by atoms with E-state index < -0.39 is 0 Å². The summed E-state index contributed by atoms with van der Waals surface area (Å²) >= 11 is 0. The van der Waals surface area contributed by atoms with Gasteiger partial charge in [0.05, 0.1) is 13.7 Å². The predicted octanol–water partition coefficient (Wildman–Crippen LogP) is 4.03. The fourth-order valence-corrected chi connectivity index (χ4v) is 2.55. The quantitative estimate of drug-likeness (QED) is 0.533. The van der Waals surface area contributed by atoms with Crippen molar-refractivity contribution in [3.05, 3.63) is 48.0 Å². The molecule has 3 N–H and O–H groups in total. The highest BCUT2D eigenvalue weighted by atomic mass is 16.5. The summed E-state index contributed by atoms with van der Waals surface area (Å²) in [7, 11) is 1.61. The largest absolute Gasteiger partial charge is 0.493 e. The van der Waals surface area contributed by atoms with E-state index in [1.807, 2.05) is 24.3 Å². The van der Waals surface area contributed by atoms with Crippen molar-refractivity contribution in [3.8, 4) is 11.5 Å². The maximum Gasteiger partial charge on any atom is 0.221 e. The number of benzene rings is 2. The number of ether oxygens (including phenoxy) is 2. The van der Waals surface area contributed by atoms with Gasteiger partial charge in [-0.2, -0.15) is 0 Å². The number of carbonyl (C=O) groups is 1. The van der Waals surface area contributed by atoms with Crippen molar-refractivity contribution in [1.82, 2.24) is 0 Å². The zero-order valence-corrected chi connectivity index (χ0v) is 14.9. The standard InChI is InChI=1S/C20H26N2O3/c1-15(23)22-18-10-7-16(8-11-18)6-4-3-5-13-25-19-12-9-17(21)14-20(19)24-2/h7-12,14H,3-6,13,21H2,1-2H3,(H,22,23). The Morgan fingerprint density at radius 3 is 2.48 bits per heavy atom. The summed E-state index contributed by atoms with van der Waals surface area (Å²) in [6.45, 7) is 2.16. The van der Waals surface area contributed by atoms with E-state index in [0.717, 1.165) is 37.1 Å². The van der Waals surface area contributed by atoms with Crippen molar-refractivity contribution >= 4 is 17.3 Å². The van der Waals surface area contributed by atoms with Gasteiger partial charge in [-0.25, -0.2) is 0 Å². The number of amides is 1. The molecule has 0 aliphatic rings. The van der Waals surface area contributed by atoms with Gasteiger partial charge in [0.25, 0.3) is 0 Å². The Morgan fingerprint density at radius 1 is 1.04 bits per heavy atom. The third-order valence-corrected chi connectivity index (χ3v) is 3.83. The molecule has 1 amide bonds. The summed E-state index contributed by atoms with van der Waals surface area (Å²) in [5.74, 6) is 1.34. The number of hydrogen-bond acceptors (Lipinski definition) is 4. The number of carbonyl (C=O) groups excluding carboxylic acids is 1. The van der Waals surface area contributed by atoms with Crippen LogP contribution in [-0.2, 0) is 11.2 Å². The highest BCUT2D eigenvalue weighted by molar-refractivity contribution is 5.88. The Bertz CT molecular complexity index is 684. The van der Waals surface area contributed by atoms with Crippen LogP contribution in [0.25, 0.3) is 0 Å². The van der Waals surface area contributed by atoms with Gasteiger partial charge in [0, 0.05) is 24.4 Å². The van der Waals surface area contributed by atoms with Crippen molar-refractivity contribution in [1.29, 1.82) is 0 Å². The molecule has 2 rings (SSSR count). The third-order valence-electron chi connectivity index (χ3n) is 3.83. The van der Waals surface area contributed by atoms with Crippen LogP contribution in [0.15, 0.2) is 42.5 Å². The van der Waals surface area contributed by atoms with E-state index in [-0.39, 0.29) is 5.91 Å². The van der Waals surface area contributed by atoms with Crippen molar-refractivity contribution < 1.29 is 14.3 Å². The third kappa shape index (κ3) is 6.37. The highest BCUT2D eigenvalue weighted by Crippen LogP contribution is 2.29. The van der Waals surface area contributed by atoms with Crippen LogP contribution in [0.2, 0.25) is 0 Å². The summed E-state index contributed by atoms with van der Waals surface area (Å²) < 4.78 is 11.0. The number of nitrogens with one attached hydrogen (secondary N) is 1. The molecule has 5 heteroatoms. The van der Waals surface area contributed by atoms with Gasteiger partial charge in [0.2, 0.25) is 5.91 Å². The molecule has 5 nitrogen and oxygen atoms in total. The van der Waals surface area contributed by atoms with Gasteiger partial charge in [-0.05, 0) is 55.5 Å². The second-order valence-electron chi connectivity index (χ2n) is 5.95. The monoisotopic (exact) mass is 342 g/mol. The maximum atomic E-state index is 11.0. The van der Waals surface area contributed by atoms with Crippen LogP contribution in [0.1, 0.15) is 31.7 Å². The molecule has 0 bridgehead atoms. The number of aryl methyl sites for hydroxylation is 1. The van der Waals surface area contributed by atoms with E-state index in [1.165, 1.54) is 12.5 Å². The topological polar surface area (TPSA) is 73.6 Å². The van der Waals surface area contributed by atoms with Gasteiger partial charge >= 0.3 is 0 Å². The first kappa shape index (κ1) is 18.6. The van der Waals surface area contributed by atoms with E-state index in [4.69, 9.17) is 15.2 Å². The first-order valence-corrected chi connectivity index (χ1v) is 8.51. The molecule has 0 fully saturated rings. The Hall–Kier alpha value is -2.69. The molecule has 0 aliphatic heterocycles. The molecule has 0 saturated carbocycles. The lowest BCUT2D eigenvalue weighted by Gasteiger charge is -2.11. The minimum Gasteiger partial charge on any atom is -0.493 e. The summed E-state index contributed by atoms with van der Waals surface area (Å²) in [6, 6.07) is 13.4. The normalized spacial score (nSPS) is 10.3. The summed E-state index contributed by atoms with van der Waals surface area (Å²) in [5.41, 5.74) is 8.50. The second kappa shape index (κ2) is 9.57. The Kier molecular flexibility index (Phi) is 7.14. The lowest BCUT2D eigenvalue weighted by atomic mass is 10.1. The molecular weight excluding hydrogens is 316 g/mol. The van der Waals surface area contributed by atoms with Gasteiger partial charge in [0.15, 0.2) is 11.5 Å². The SMILES string of the molecule is COc1cc(N)ccc1OCCCCCc1ccc(NC(C)=O)cc1. The molecule has 0 saturated heterocycles. The fourth-order valence-electron chi connectivity index (χ4n) is 2.55. The number of hydrogen-bond donors (Lipinski definition) is 2. The first-order valence-electron chi connectivity index (χ1n) is 8.51. The van der Waals surface area contributed by atoms with Crippen molar-refractivity contribution in [2.45, 2.75) is 32.6 Å². The zero-order valence-electron chi connectivity index (χ0n) is 14.9. The van der Waals surface area contributed by atoms with Gasteiger partial charge in [-0.15, -0.1) is 0 Å². The number of nitrogens with two attached hydrogens (primary N) is 1. The summed E-state index contributed by atoms with van der Waals surface area (Å²) in [6.07, 6.45) is 4.19. The minimum absolute atomic E-state index is 0.0505. The molecule has 134 valence electrons. The van der Waals surface area contributed by atoms with E-state index in [9.17, 15) is 4.79 Å². The van der Waals surface area contributed by atoms with Gasteiger partial charge in [0.1, 0.15) is 0 Å². The Morgan fingerprint density at radius 2 is 1.80 bits per heavy atom. The molecule has 2 aromatic carbocycles. The highest BCUT2D eigenvalue weighted by Gasteiger charge is 2.04. The molecule has 0 heterocycles. The molecule has 0 aromatic heterocycles. The summed E-state index contributed by atoms with van der Waals surface area (Å²) in [4.78, 5) is 11.0. The van der Waals surface area contributed by atoms with Crippen LogP contribution in [0.3, 0.4) is 0 Å². The molecular formula is C20H26N2O3. The van der Waals surface area contributed by atoms with E-state index >= 15 is 0 Å². The first-order chi connectivity index (χ1) is 12.1. The Balaban J connectivity index is 1.66. The van der Waals surface area contributed by atoms with Crippen LogP contribution < -0.4 is 20.5 Å². The van der Waals surface area contributed by atoms with Crippen LogP contribution in [-0.4, -0.2) is 19.6 Å². The summed E-state index contributed by atoms with van der Waals surface area (Å²) in [5, 5.41) is 2.77. The van der Waals surface area contributed by atoms with Gasteiger partial charge in [-0.3, -0.25) is 4.79 Å². The van der Waals surface area contributed by atoms with E-state index in [2.05, 4.69) is 17.4 Å². The Labute approximate surface area is 149 Å².